The molecule has 0 atom stereocenters. The zero-order chi connectivity index (χ0) is 15.3. The number of carbonyl (C=O) groups is 2. The molecule has 1 aromatic carbocycles. The summed E-state index contributed by atoms with van der Waals surface area (Å²) in [5.41, 5.74) is 4.86. The van der Waals surface area contributed by atoms with Gasteiger partial charge in [-0.3, -0.25) is 9.59 Å². The van der Waals surface area contributed by atoms with E-state index in [1.54, 1.807) is 0 Å². The minimum Gasteiger partial charge on any atom is -0.481 e. The van der Waals surface area contributed by atoms with Crippen molar-refractivity contribution >= 4 is 17.4 Å². The van der Waals surface area contributed by atoms with Crippen molar-refractivity contribution in [3.63, 3.8) is 0 Å². The van der Waals surface area contributed by atoms with E-state index in [1.807, 2.05) is 0 Å². The summed E-state index contributed by atoms with van der Waals surface area (Å²) in [5.74, 6) is -1.03. The molecule has 3 N–H and O–H groups in total. The van der Waals surface area contributed by atoms with Gasteiger partial charge in [0.2, 0.25) is 0 Å². The summed E-state index contributed by atoms with van der Waals surface area (Å²) in [7, 11) is 0. The van der Waals surface area contributed by atoms with E-state index in [0.717, 1.165) is 25.0 Å². The minimum atomic E-state index is -4.27. The van der Waals surface area contributed by atoms with Crippen molar-refractivity contribution in [1.82, 2.24) is 0 Å². The molecule has 110 valence electrons. The molecule has 7 heteroatoms. The number of anilines is 1. The number of nitrogen functional groups attached to an aromatic ring is 1. The molecule has 0 aromatic heterocycles. The fourth-order valence-corrected chi connectivity index (χ4v) is 1.37. The summed E-state index contributed by atoms with van der Waals surface area (Å²) in [4.78, 5) is 20.6. The standard InChI is InChI=1S/C7H6F3N.C6H8O3/c8-7(9,10)5-1-3-6(11)4-2-5;7-5(3-6(8)9)4-1-2-4/h1-4H,11H2;4H,1-3H2,(H,8,9). The van der Waals surface area contributed by atoms with Crippen LogP contribution in [0.3, 0.4) is 0 Å². The summed E-state index contributed by atoms with van der Waals surface area (Å²) in [5, 5.41) is 8.14. The Morgan fingerprint density at radius 2 is 1.70 bits per heavy atom. The summed E-state index contributed by atoms with van der Waals surface area (Å²) in [6.07, 6.45) is -2.77. The number of carbonyl (C=O) groups excluding carboxylic acids is 1. The van der Waals surface area contributed by atoms with Gasteiger partial charge in [-0.2, -0.15) is 13.2 Å². The fraction of sp³-hybridized carbons (Fsp3) is 0.385. The zero-order valence-electron chi connectivity index (χ0n) is 10.5. The quantitative estimate of drug-likeness (QED) is 0.662. The van der Waals surface area contributed by atoms with Crippen molar-refractivity contribution in [2.24, 2.45) is 5.92 Å². The van der Waals surface area contributed by atoms with Crippen molar-refractivity contribution in [3.05, 3.63) is 29.8 Å². The normalized spacial score (nSPS) is 14.2. The van der Waals surface area contributed by atoms with Gasteiger partial charge in [0.15, 0.2) is 0 Å². The predicted octanol–water partition coefficient (Wildman–Crippen LogP) is 2.73. The summed E-state index contributed by atoms with van der Waals surface area (Å²) < 4.78 is 35.6. The Morgan fingerprint density at radius 3 is 2.05 bits per heavy atom. The van der Waals surface area contributed by atoms with Gasteiger partial charge in [-0.1, -0.05) is 0 Å². The lowest BCUT2D eigenvalue weighted by molar-refractivity contribution is -0.140. The Balaban J connectivity index is 0.000000204. The van der Waals surface area contributed by atoms with Crippen LogP contribution in [0.1, 0.15) is 24.8 Å². The molecule has 0 spiro atoms. The van der Waals surface area contributed by atoms with Gasteiger partial charge in [-0.05, 0) is 37.1 Å². The third-order valence-corrected chi connectivity index (χ3v) is 2.60. The third-order valence-electron chi connectivity index (χ3n) is 2.60. The number of ketones is 1. The number of nitrogens with two attached hydrogens (primary N) is 1. The van der Waals surface area contributed by atoms with E-state index in [4.69, 9.17) is 10.8 Å². The first kappa shape index (κ1) is 16.0. The highest BCUT2D eigenvalue weighted by atomic mass is 19.4. The molecule has 0 saturated heterocycles. The van der Waals surface area contributed by atoms with Crippen LogP contribution in [-0.2, 0) is 15.8 Å². The maximum absolute atomic E-state index is 11.9. The molecule has 0 radical (unpaired) electrons. The van der Waals surface area contributed by atoms with Crippen LogP contribution in [-0.4, -0.2) is 16.9 Å². The summed E-state index contributed by atoms with van der Waals surface area (Å²) in [6, 6.07) is 4.36. The summed E-state index contributed by atoms with van der Waals surface area (Å²) in [6.45, 7) is 0. The number of halogens is 3. The van der Waals surface area contributed by atoms with E-state index in [0.29, 0.717) is 5.69 Å². The lowest BCUT2D eigenvalue weighted by atomic mass is 10.2. The van der Waals surface area contributed by atoms with Crippen LogP contribution in [0.25, 0.3) is 0 Å². The molecule has 1 saturated carbocycles. The SMILES string of the molecule is Nc1ccc(C(F)(F)F)cc1.O=C(O)CC(=O)C1CC1. The number of Topliss-reactive ketones (excluding diaryl/α,β-unsaturated/α-hetero) is 1. The van der Waals surface area contributed by atoms with Crippen LogP contribution in [0, 0.1) is 5.92 Å². The highest BCUT2D eigenvalue weighted by Crippen LogP contribution is 2.30. The highest BCUT2D eigenvalue weighted by Gasteiger charge is 2.30. The molecular formula is C13H14F3NO3. The smallest absolute Gasteiger partial charge is 0.416 e. The average molecular weight is 289 g/mol. The second-order valence-corrected chi connectivity index (χ2v) is 4.43. The van der Waals surface area contributed by atoms with Crippen molar-refractivity contribution in [1.29, 1.82) is 0 Å². The molecular weight excluding hydrogens is 275 g/mol. The number of benzene rings is 1. The van der Waals surface area contributed by atoms with E-state index in [2.05, 4.69) is 0 Å². The first-order chi connectivity index (χ1) is 9.20. The van der Waals surface area contributed by atoms with Gasteiger partial charge >= 0.3 is 12.1 Å². The van der Waals surface area contributed by atoms with Crippen molar-refractivity contribution in [2.75, 3.05) is 5.73 Å². The first-order valence-electron chi connectivity index (χ1n) is 5.87. The number of carboxylic acid groups (broad SMARTS) is 1. The van der Waals surface area contributed by atoms with Crippen LogP contribution in [0.4, 0.5) is 18.9 Å². The van der Waals surface area contributed by atoms with Crippen molar-refractivity contribution in [3.8, 4) is 0 Å². The van der Waals surface area contributed by atoms with Gasteiger partial charge in [0.1, 0.15) is 12.2 Å². The van der Waals surface area contributed by atoms with Crippen LogP contribution in [0.2, 0.25) is 0 Å². The molecule has 1 aromatic rings. The largest absolute Gasteiger partial charge is 0.481 e. The molecule has 4 nitrogen and oxygen atoms in total. The molecule has 0 heterocycles. The van der Waals surface area contributed by atoms with Gasteiger partial charge < -0.3 is 10.8 Å². The molecule has 1 aliphatic rings. The highest BCUT2D eigenvalue weighted by molar-refractivity contribution is 5.97. The average Bonchev–Trinajstić information content (AvgIpc) is 3.11. The second kappa shape index (κ2) is 6.40. The van der Waals surface area contributed by atoms with Crippen LogP contribution in [0.5, 0.6) is 0 Å². The van der Waals surface area contributed by atoms with Gasteiger partial charge in [-0.25, -0.2) is 0 Å². The number of hydrogen-bond donors (Lipinski definition) is 2. The van der Waals surface area contributed by atoms with E-state index in [1.165, 1.54) is 12.1 Å². The molecule has 2 rings (SSSR count). The number of hydrogen-bond acceptors (Lipinski definition) is 3. The lowest BCUT2D eigenvalue weighted by Crippen LogP contribution is -2.07. The monoisotopic (exact) mass is 289 g/mol. The fourth-order valence-electron chi connectivity index (χ4n) is 1.37. The Labute approximate surface area is 113 Å². The Morgan fingerprint density at radius 1 is 1.20 bits per heavy atom. The Hall–Kier alpha value is -2.05. The number of aliphatic carboxylic acids is 1. The predicted molar refractivity (Wildman–Crippen MR) is 65.8 cm³/mol. The zero-order valence-corrected chi connectivity index (χ0v) is 10.5. The van der Waals surface area contributed by atoms with Gasteiger partial charge in [0.05, 0.1) is 5.56 Å². The van der Waals surface area contributed by atoms with Gasteiger partial charge in [0, 0.05) is 11.6 Å². The maximum Gasteiger partial charge on any atom is 0.416 e. The molecule has 0 unspecified atom stereocenters. The van der Waals surface area contributed by atoms with Crippen LogP contribution in [0.15, 0.2) is 24.3 Å². The van der Waals surface area contributed by atoms with Crippen molar-refractivity contribution in [2.45, 2.75) is 25.4 Å². The van der Waals surface area contributed by atoms with Crippen LogP contribution < -0.4 is 5.73 Å². The van der Waals surface area contributed by atoms with E-state index in [-0.39, 0.29) is 18.1 Å². The van der Waals surface area contributed by atoms with Gasteiger partial charge in [-0.15, -0.1) is 0 Å². The first-order valence-corrected chi connectivity index (χ1v) is 5.87. The topological polar surface area (TPSA) is 80.4 Å². The number of rotatable bonds is 3. The summed E-state index contributed by atoms with van der Waals surface area (Å²) >= 11 is 0. The maximum atomic E-state index is 11.9. The number of alkyl halides is 3. The molecule has 1 fully saturated rings. The molecule has 20 heavy (non-hydrogen) atoms. The third kappa shape index (κ3) is 5.73. The van der Waals surface area contributed by atoms with Gasteiger partial charge in [0.25, 0.3) is 0 Å². The van der Waals surface area contributed by atoms with E-state index < -0.39 is 17.7 Å². The molecule has 0 amide bonds. The Bertz CT molecular complexity index is 479. The van der Waals surface area contributed by atoms with E-state index >= 15 is 0 Å². The van der Waals surface area contributed by atoms with E-state index in [9.17, 15) is 22.8 Å². The second-order valence-electron chi connectivity index (χ2n) is 4.43. The molecule has 0 aliphatic heterocycles. The lowest BCUT2D eigenvalue weighted by Gasteiger charge is -2.05. The van der Waals surface area contributed by atoms with Crippen LogP contribution >= 0.6 is 0 Å². The molecule has 1 aliphatic carbocycles. The molecule has 0 bridgehead atoms. The number of carboxylic acids is 1. The minimum absolute atomic E-state index is 0.0844. The Kier molecular flexibility index (Phi) is 5.12. The van der Waals surface area contributed by atoms with Crippen molar-refractivity contribution < 1.29 is 27.9 Å².